The second-order valence-electron chi connectivity index (χ2n) is 7.90. The molecule has 0 spiro atoms. The molecule has 0 N–H and O–H groups in total. The van der Waals surface area contributed by atoms with Crippen molar-refractivity contribution in [1.82, 2.24) is 0 Å². The Morgan fingerprint density at radius 3 is 2.04 bits per heavy atom. The molecule has 0 aliphatic carbocycles. The Labute approximate surface area is 145 Å². The molecule has 0 radical (unpaired) electrons. The zero-order chi connectivity index (χ0) is 17.9. The van der Waals surface area contributed by atoms with Crippen molar-refractivity contribution in [2.24, 2.45) is 0 Å². The van der Waals surface area contributed by atoms with Crippen molar-refractivity contribution < 1.29 is 14.0 Å². The fourth-order valence-electron chi connectivity index (χ4n) is 2.06. The first-order chi connectivity index (χ1) is 10.6. The van der Waals surface area contributed by atoms with E-state index < -0.39 is 8.32 Å². The van der Waals surface area contributed by atoms with Gasteiger partial charge in [0, 0.05) is 12.2 Å². The number of methoxy groups -OCH3 is 1. The molecule has 0 saturated heterocycles. The molecule has 0 saturated carbocycles. The molecule has 0 amide bonds. The van der Waals surface area contributed by atoms with Crippen LogP contribution in [0.25, 0.3) is 0 Å². The van der Waals surface area contributed by atoms with Crippen LogP contribution in [0.1, 0.15) is 72.6 Å². The van der Waals surface area contributed by atoms with Gasteiger partial charge in [-0.15, -0.1) is 0 Å². The first-order valence-corrected chi connectivity index (χ1v) is 11.9. The van der Waals surface area contributed by atoms with Gasteiger partial charge in [0.25, 0.3) is 0 Å². The van der Waals surface area contributed by atoms with E-state index in [1.807, 2.05) is 13.0 Å². The van der Waals surface area contributed by atoms with Crippen LogP contribution < -0.4 is 0 Å². The smallest absolute Gasteiger partial charge is 0.333 e. The third kappa shape index (κ3) is 9.98. The van der Waals surface area contributed by atoms with Crippen molar-refractivity contribution in [2.75, 3.05) is 13.7 Å². The second kappa shape index (κ2) is 11.0. The fraction of sp³-hybridized carbons (Fsp3) is 0.842. The van der Waals surface area contributed by atoms with Gasteiger partial charge in [-0.05, 0) is 44.3 Å². The van der Waals surface area contributed by atoms with Crippen LogP contribution in [0.2, 0.25) is 18.1 Å². The number of allylic oxidation sites excluding steroid dienone is 1. The van der Waals surface area contributed by atoms with Gasteiger partial charge in [-0.2, -0.15) is 0 Å². The van der Waals surface area contributed by atoms with Crippen LogP contribution >= 0.6 is 0 Å². The lowest BCUT2D eigenvalue weighted by Crippen LogP contribution is -2.40. The summed E-state index contributed by atoms with van der Waals surface area (Å²) in [5, 5.41) is 0.308. The number of hydrogen-bond acceptors (Lipinski definition) is 3. The highest BCUT2D eigenvalue weighted by molar-refractivity contribution is 6.74. The molecular formula is C19H38O3Si. The highest BCUT2D eigenvalue weighted by Crippen LogP contribution is 2.36. The molecule has 0 aromatic heterocycles. The van der Waals surface area contributed by atoms with E-state index in [1.54, 1.807) is 0 Å². The molecule has 0 aromatic rings. The lowest BCUT2D eigenvalue weighted by Gasteiger charge is -2.36. The minimum atomic E-state index is -1.56. The van der Waals surface area contributed by atoms with Crippen molar-refractivity contribution in [3.8, 4) is 0 Å². The molecular weight excluding hydrogens is 304 g/mol. The summed E-state index contributed by atoms with van der Waals surface area (Å²) in [6, 6.07) is 0. The van der Waals surface area contributed by atoms with E-state index in [9.17, 15) is 4.79 Å². The summed E-state index contributed by atoms with van der Waals surface area (Å²) in [6.45, 7) is 14.2. The Morgan fingerprint density at radius 2 is 1.52 bits per heavy atom. The Hall–Kier alpha value is -0.613. The number of hydrogen-bond donors (Lipinski definition) is 0. The van der Waals surface area contributed by atoms with Crippen molar-refractivity contribution in [3.05, 3.63) is 11.6 Å². The summed E-state index contributed by atoms with van der Waals surface area (Å²) in [6.07, 6.45) is 10.3. The van der Waals surface area contributed by atoms with Crippen LogP contribution in [-0.2, 0) is 14.0 Å². The van der Waals surface area contributed by atoms with Gasteiger partial charge in [-0.1, -0.05) is 52.5 Å². The number of unbranched alkanes of at least 4 members (excludes halogenated alkanes) is 6. The predicted octanol–water partition coefficient (Wildman–Crippen LogP) is 5.86. The summed E-state index contributed by atoms with van der Waals surface area (Å²) in [7, 11) is -0.133. The monoisotopic (exact) mass is 342 g/mol. The van der Waals surface area contributed by atoms with Crippen LogP contribution in [0.5, 0.6) is 0 Å². The molecule has 0 rings (SSSR count). The Morgan fingerprint density at radius 1 is 1.00 bits per heavy atom. The van der Waals surface area contributed by atoms with E-state index in [0.29, 0.717) is 5.04 Å². The number of esters is 1. The van der Waals surface area contributed by atoms with E-state index in [-0.39, 0.29) is 5.97 Å². The van der Waals surface area contributed by atoms with Gasteiger partial charge in [0.05, 0.1) is 7.11 Å². The first-order valence-electron chi connectivity index (χ1n) is 9.01. The maximum Gasteiger partial charge on any atom is 0.333 e. The largest absolute Gasteiger partial charge is 0.466 e. The quantitative estimate of drug-likeness (QED) is 0.204. The minimum absolute atomic E-state index is 0.216. The van der Waals surface area contributed by atoms with Gasteiger partial charge >= 0.3 is 5.97 Å². The predicted molar refractivity (Wildman–Crippen MR) is 101 cm³/mol. The molecule has 0 fully saturated rings. The van der Waals surface area contributed by atoms with Crippen molar-refractivity contribution >= 4 is 14.3 Å². The Balaban J connectivity index is 3.56. The molecule has 3 nitrogen and oxygen atoms in total. The van der Waals surface area contributed by atoms with Crippen molar-refractivity contribution in [3.63, 3.8) is 0 Å². The summed E-state index contributed by atoms with van der Waals surface area (Å²) >= 11 is 0. The second-order valence-corrected chi connectivity index (χ2v) is 12.7. The Bertz CT molecular complexity index is 367. The van der Waals surface area contributed by atoms with E-state index in [0.717, 1.165) is 25.0 Å². The number of carbonyl (C=O) groups excluding carboxylic acids is 1. The third-order valence-electron chi connectivity index (χ3n) is 4.83. The normalized spacial score (nSPS) is 13.3. The molecule has 0 atom stereocenters. The van der Waals surface area contributed by atoms with Gasteiger partial charge < -0.3 is 9.16 Å². The van der Waals surface area contributed by atoms with Crippen molar-refractivity contribution in [2.45, 2.75) is 90.8 Å². The highest BCUT2D eigenvalue weighted by atomic mass is 28.4. The summed E-state index contributed by atoms with van der Waals surface area (Å²) in [4.78, 5) is 11.2. The van der Waals surface area contributed by atoms with Crippen molar-refractivity contribution in [1.29, 1.82) is 0 Å². The van der Waals surface area contributed by atoms with Gasteiger partial charge in [0.15, 0.2) is 8.32 Å². The lowest BCUT2D eigenvalue weighted by molar-refractivity contribution is -0.136. The molecule has 4 heteroatoms. The van der Waals surface area contributed by atoms with Crippen LogP contribution in [0.15, 0.2) is 11.6 Å². The average molecular weight is 343 g/mol. The first kappa shape index (κ1) is 22.4. The van der Waals surface area contributed by atoms with Gasteiger partial charge in [0.2, 0.25) is 0 Å². The van der Waals surface area contributed by atoms with Crippen LogP contribution in [0, 0.1) is 0 Å². The summed E-state index contributed by atoms with van der Waals surface area (Å²) in [5.74, 6) is -0.216. The summed E-state index contributed by atoms with van der Waals surface area (Å²) < 4.78 is 10.9. The molecule has 0 bridgehead atoms. The fourth-order valence-corrected chi connectivity index (χ4v) is 3.15. The minimum Gasteiger partial charge on any atom is -0.466 e. The molecule has 136 valence electrons. The Kier molecular flexibility index (Phi) is 10.7. The zero-order valence-corrected chi connectivity index (χ0v) is 17.5. The zero-order valence-electron chi connectivity index (χ0n) is 16.5. The molecule has 0 aliphatic rings. The number of ether oxygens (including phenoxy) is 1. The molecule has 23 heavy (non-hydrogen) atoms. The number of rotatable bonds is 11. The maximum absolute atomic E-state index is 11.2. The lowest BCUT2D eigenvalue weighted by atomic mass is 10.1. The standard InChI is InChI=1S/C19H38O3Si/c1-17(18(20)21-5)15-13-11-9-8-10-12-14-16-22-23(6,7)19(2,3)4/h15H,8-14,16H2,1-7H3/b17-15-. The summed E-state index contributed by atoms with van der Waals surface area (Å²) in [5.41, 5.74) is 0.718. The molecule has 0 unspecified atom stereocenters. The van der Waals surface area contributed by atoms with Crippen LogP contribution in [0.4, 0.5) is 0 Å². The van der Waals surface area contributed by atoms with Gasteiger partial charge in [-0.3, -0.25) is 0 Å². The SMILES string of the molecule is COC(=O)/C(C)=C\CCCCCCCCO[Si](C)(C)C(C)(C)C. The van der Waals surface area contributed by atoms with E-state index in [1.165, 1.54) is 39.2 Å². The van der Waals surface area contributed by atoms with Gasteiger partial charge in [0.1, 0.15) is 0 Å². The topological polar surface area (TPSA) is 35.5 Å². The maximum atomic E-state index is 11.2. The van der Waals surface area contributed by atoms with Gasteiger partial charge in [-0.25, -0.2) is 4.79 Å². The highest BCUT2D eigenvalue weighted by Gasteiger charge is 2.36. The molecule has 0 aliphatic heterocycles. The van der Waals surface area contributed by atoms with E-state index in [4.69, 9.17) is 4.43 Å². The van der Waals surface area contributed by atoms with E-state index in [2.05, 4.69) is 38.6 Å². The number of carbonyl (C=O) groups is 1. The molecule has 0 heterocycles. The molecule has 0 aromatic carbocycles. The van der Waals surface area contributed by atoms with Crippen LogP contribution in [0.3, 0.4) is 0 Å². The van der Waals surface area contributed by atoms with E-state index >= 15 is 0 Å². The van der Waals surface area contributed by atoms with Crippen LogP contribution in [-0.4, -0.2) is 28.0 Å². The average Bonchev–Trinajstić information content (AvgIpc) is 2.46. The third-order valence-corrected chi connectivity index (χ3v) is 9.36.